The fourth-order valence-corrected chi connectivity index (χ4v) is 2.70. The molecule has 0 bridgehead atoms. The van der Waals surface area contributed by atoms with Gasteiger partial charge >= 0.3 is 6.03 Å². The number of urea groups is 1. The molecule has 0 atom stereocenters. The van der Waals surface area contributed by atoms with Crippen molar-refractivity contribution in [3.63, 3.8) is 0 Å². The number of carbonyl (C=O) groups excluding carboxylic acids is 1. The first-order valence-corrected chi connectivity index (χ1v) is 7.71. The van der Waals surface area contributed by atoms with Crippen molar-refractivity contribution in [3.8, 4) is 11.3 Å². The molecule has 1 aliphatic rings. The van der Waals surface area contributed by atoms with Crippen LogP contribution in [0.2, 0.25) is 0 Å². The van der Waals surface area contributed by atoms with Crippen LogP contribution in [0, 0.1) is 0 Å². The van der Waals surface area contributed by atoms with Crippen LogP contribution in [0.15, 0.2) is 42.9 Å². The normalized spacial score (nSPS) is 14.7. The van der Waals surface area contributed by atoms with Crippen LogP contribution < -0.4 is 10.6 Å². The van der Waals surface area contributed by atoms with Crippen molar-refractivity contribution in [1.82, 2.24) is 20.6 Å². The molecular formula is C17H20N4O. The molecule has 2 aromatic heterocycles. The third kappa shape index (κ3) is 3.81. The zero-order valence-corrected chi connectivity index (χ0v) is 12.5. The SMILES string of the molecule is O=C(NCc1ccc(-c2cccnc2)nc1)NC1CCCC1. The molecule has 0 radical (unpaired) electrons. The van der Waals surface area contributed by atoms with Crippen LogP contribution in [0.1, 0.15) is 31.2 Å². The maximum Gasteiger partial charge on any atom is 0.315 e. The third-order valence-electron chi connectivity index (χ3n) is 3.93. The van der Waals surface area contributed by atoms with Gasteiger partial charge in [0, 0.05) is 36.7 Å². The highest BCUT2D eigenvalue weighted by Crippen LogP contribution is 2.17. The Morgan fingerprint density at radius 1 is 1.18 bits per heavy atom. The molecule has 0 spiro atoms. The zero-order chi connectivity index (χ0) is 15.2. The van der Waals surface area contributed by atoms with Crippen LogP contribution in [0.3, 0.4) is 0 Å². The highest BCUT2D eigenvalue weighted by Gasteiger charge is 2.16. The van der Waals surface area contributed by atoms with Crippen molar-refractivity contribution in [2.24, 2.45) is 0 Å². The fourth-order valence-electron chi connectivity index (χ4n) is 2.70. The summed E-state index contributed by atoms with van der Waals surface area (Å²) in [5.74, 6) is 0. The molecule has 2 aromatic rings. The van der Waals surface area contributed by atoms with Gasteiger partial charge in [0.25, 0.3) is 0 Å². The molecule has 22 heavy (non-hydrogen) atoms. The van der Waals surface area contributed by atoms with E-state index in [4.69, 9.17) is 0 Å². The molecule has 2 heterocycles. The van der Waals surface area contributed by atoms with Crippen LogP contribution in [0.5, 0.6) is 0 Å². The average Bonchev–Trinajstić information content (AvgIpc) is 3.07. The molecule has 2 amide bonds. The summed E-state index contributed by atoms with van der Waals surface area (Å²) in [6, 6.07) is 8.03. The van der Waals surface area contributed by atoms with E-state index in [-0.39, 0.29) is 6.03 Å². The number of amides is 2. The van der Waals surface area contributed by atoms with E-state index in [2.05, 4.69) is 20.6 Å². The van der Waals surface area contributed by atoms with Crippen LogP contribution in [-0.4, -0.2) is 22.0 Å². The summed E-state index contributed by atoms with van der Waals surface area (Å²) in [5, 5.41) is 5.89. The van der Waals surface area contributed by atoms with Gasteiger partial charge in [-0.25, -0.2) is 4.79 Å². The Hall–Kier alpha value is -2.43. The Labute approximate surface area is 130 Å². The summed E-state index contributed by atoms with van der Waals surface area (Å²) >= 11 is 0. The van der Waals surface area contributed by atoms with Gasteiger partial charge in [0.1, 0.15) is 0 Å². The lowest BCUT2D eigenvalue weighted by atomic mass is 10.1. The maximum atomic E-state index is 11.8. The minimum absolute atomic E-state index is 0.0942. The largest absolute Gasteiger partial charge is 0.335 e. The number of hydrogen-bond acceptors (Lipinski definition) is 3. The molecular weight excluding hydrogens is 276 g/mol. The van der Waals surface area contributed by atoms with E-state index in [0.29, 0.717) is 12.6 Å². The van der Waals surface area contributed by atoms with E-state index in [1.165, 1.54) is 12.8 Å². The second-order valence-electron chi connectivity index (χ2n) is 5.60. The number of carbonyl (C=O) groups is 1. The molecule has 0 saturated heterocycles. The molecule has 0 aliphatic heterocycles. The Bertz CT molecular complexity index is 606. The quantitative estimate of drug-likeness (QED) is 0.911. The van der Waals surface area contributed by atoms with Gasteiger partial charge in [0.05, 0.1) is 5.69 Å². The number of hydrogen-bond donors (Lipinski definition) is 2. The average molecular weight is 296 g/mol. The van der Waals surface area contributed by atoms with Gasteiger partial charge in [-0.3, -0.25) is 9.97 Å². The third-order valence-corrected chi connectivity index (χ3v) is 3.93. The molecule has 5 nitrogen and oxygen atoms in total. The van der Waals surface area contributed by atoms with Crippen molar-refractivity contribution < 1.29 is 4.79 Å². The molecule has 1 saturated carbocycles. The first-order chi connectivity index (χ1) is 10.8. The second-order valence-corrected chi connectivity index (χ2v) is 5.60. The number of nitrogens with one attached hydrogen (secondary N) is 2. The summed E-state index contributed by atoms with van der Waals surface area (Å²) in [6.07, 6.45) is 9.93. The Kier molecular flexibility index (Phi) is 4.63. The highest BCUT2D eigenvalue weighted by atomic mass is 16.2. The van der Waals surface area contributed by atoms with Crippen LogP contribution in [0.25, 0.3) is 11.3 Å². The zero-order valence-electron chi connectivity index (χ0n) is 12.5. The van der Waals surface area contributed by atoms with E-state index in [9.17, 15) is 4.79 Å². The van der Waals surface area contributed by atoms with Gasteiger partial charge in [-0.05, 0) is 36.6 Å². The molecule has 0 unspecified atom stereocenters. The van der Waals surface area contributed by atoms with Crippen molar-refractivity contribution in [2.75, 3.05) is 0 Å². The lowest BCUT2D eigenvalue weighted by Gasteiger charge is -2.13. The Morgan fingerprint density at radius 2 is 2.05 bits per heavy atom. The molecule has 1 aliphatic carbocycles. The van der Waals surface area contributed by atoms with E-state index in [0.717, 1.165) is 29.7 Å². The second kappa shape index (κ2) is 7.02. The summed E-state index contributed by atoms with van der Waals surface area (Å²) < 4.78 is 0. The van der Waals surface area contributed by atoms with Gasteiger partial charge in [0.2, 0.25) is 0 Å². The van der Waals surface area contributed by atoms with Crippen molar-refractivity contribution in [3.05, 3.63) is 48.4 Å². The van der Waals surface area contributed by atoms with Gasteiger partial charge < -0.3 is 10.6 Å². The van der Waals surface area contributed by atoms with Gasteiger partial charge in [-0.2, -0.15) is 0 Å². The number of aromatic nitrogens is 2. The van der Waals surface area contributed by atoms with Crippen molar-refractivity contribution in [1.29, 1.82) is 0 Å². The lowest BCUT2D eigenvalue weighted by molar-refractivity contribution is 0.236. The van der Waals surface area contributed by atoms with E-state index < -0.39 is 0 Å². The summed E-state index contributed by atoms with van der Waals surface area (Å²) in [6.45, 7) is 0.485. The number of rotatable bonds is 4. The topological polar surface area (TPSA) is 66.9 Å². The summed E-state index contributed by atoms with van der Waals surface area (Å²) in [7, 11) is 0. The molecule has 2 N–H and O–H groups in total. The molecule has 5 heteroatoms. The van der Waals surface area contributed by atoms with E-state index in [1.807, 2.05) is 24.3 Å². The first kappa shape index (κ1) is 14.5. The van der Waals surface area contributed by atoms with Crippen LogP contribution >= 0.6 is 0 Å². The minimum Gasteiger partial charge on any atom is -0.335 e. The van der Waals surface area contributed by atoms with E-state index in [1.54, 1.807) is 18.6 Å². The molecule has 114 valence electrons. The van der Waals surface area contributed by atoms with Gasteiger partial charge in [0.15, 0.2) is 0 Å². The standard InChI is InChI=1S/C17H20N4O/c22-17(21-15-5-1-2-6-15)20-11-13-7-8-16(19-10-13)14-4-3-9-18-12-14/h3-4,7-10,12,15H,1-2,5-6,11H2,(H2,20,21,22). The molecule has 1 fully saturated rings. The van der Waals surface area contributed by atoms with Crippen molar-refractivity contribution in [2.45, 2.75) is 38.3 Å². The Morgan fingerprint density at radius 3 is 2.73 bits per heavy atom. The van der Waals surface area contributed by atoms with Crippen molar-refractivity contribution >= 4 is 6.03 Å². The predicted octanol–water partition coefficient (Wildman–Crippen LogP) is 2.89. The lowest BCUT2D eigenvalue weighted by Crippen LogP contribution is -2.40. The van der Waals surface area contributed by atoms with Crippen LogP contribution in [-0.2, 0) is 6.54 Å². The monoisotopic (exact) mass is 296 g/mol. The smallest absolute Gasteiger partial charge is 0.315 e. The van der Waals surface area contributed by atoms with Crippen LogP contribution in [0.4, 0.5) is 4.79 Å². The first-order valence-electron chi connectivity index (χ1n) is 7.71. The Balaban J connectivity index is 1.51. The minimum atomic E-state index is -0.0942. The fraction of sp³-hybridized carbons (Fsp3) is 0.353. The molecule has 0 aromatic carbocycles. The van der Waals surface area contributed by atoms with Gasteiger partial charge in [-0.15, -0.1) is 0 Å². The maximum absolute atomic E-state index is 11.8. The number of pyridine rings is 2. The summed E-state index contributed by atoms with van der Waals surface area (Å²) in [4.78, 5) is 20.3. The molecule has 3 rings (SSSR count). The van der Waals surface area contributed by atoms with Gasteiger partial charge in [-0.1, -0.05) is 18.9 Å². The summed E-state index contributed by atoms with van der Waals surface area (Å²) in [5.41, 5.74) is 2.85. The van der Waals surface area contributed by atoms with E-state index >= 15 is 0 Å². The number of nitrogens with zero attached hydrogens (tertiary/aromatic N) is 2. The predicted molar refractivity (Wildman–Crippen MR) is 85.1 cm³/mol. The highest BCUT2D eigenvalue weighted by molar-refractivity contribution is 5.74.